The van der Waals surface area contributed by atoms with Crippen molar-refractivity contribution in [3.05, 3.63) is 90.5 Å². The zero-order chi connectivity index (χ0) is 21.3. The standard InChI is InChI=1S/C26H27FN2O/c1-3-7-22-12-15-24(16-25(22)27)21-10-13-23(14-11-21)26-28-17-20(18-29-26)9-6-4-5-8-19(2)30/h3,6,9-19,30H,1,4-5,7-8H2,2H3. The minimum atomic E-state index is -0.247. The second-order valence-corrected chi connectivity index (χ2v) is 7.40. The van der Waals surface area contributed by atoms with Crippen molar-refractivity contribution in [1.29, 1.82) is 0 Å². The molecule has 0 aliphatic rings. The van der Waals surface area contributed by atoms with Crippen LogP contribution in [0.4, 0.5) is 4.39 Å². The van der Waals surface area contributed by atoms with E-state index in [0.29, 0.717) is 17.8 Å². The largest absolute Gasteiger partial charge is 0.393 e. The van der Waals surface area contributed by atoms with Gasteiger partial charge in [0.1, 0.15) is 5.82 Å². The lowest BCUT2D eigenvalue weighted by Gasteiger charge is -2.07. The molecule has 3 nitrogen and oxygen atoms in total. The van der Waals surface area contributed by atoms with Gasteiger partial charge in [0.25, 0.3) is 0 Å². The smallest absolute Gasteiger partial charge is 0.159 e. The first-order chi connectivity index (χ1) is 14.6. The van der Waals surface area contributed by atoms with Crippen LogP contribution in [-0.4, -0.2) is 21.2 Å². The molecule has 1 unspecified atom stereocenters. The zero-order valence-corrected chi connectivity index (χ0v) is 17.3. The van der Waals surface area contributed by atoms with Gasteiger partial charge in [-0.3, -0.25) is 0 Å². The lowest BCUT2D eigenvalue weighted by atomic mass is 10.0. The maximum absolute atomic E-state index is 14.2. The summed E-state index contributed by atoms with van der Waals surface area (Å²) in [5.74, 6) is 0.439. The number of aliphatic hydroxyl groups is 1. The molecule has 30 heavy (non-hydrogen) atoms. The molecule has 2 aromatic carbocycles. The maximum Gasteiger partial charge on any atom is 0.159 e. The van der Waals surface area contributed by atoms with Gasteiger partial charge in [-0.15, -0.1) is 6.58 Å². The molecule has 3 rings (SSSR count). The third-order valence-electron chi connectivity index (χ3n) is 4.87. The molecule has 0 fully saturated rings. The predicted molar refractivity (Wildman–Crippen MR) is 121 cm³/mol. The molecule has 0 spiro atoms. The predicted octanol–water partition coefficient (Wildman–Crippen LogP) is 6.24. The van der Waals surface area contributed by atoms with Gasteiger partial charge in [0.2, 0.25) is 0 Å². The van der Waals surface area contributed by atoms with Crippen LogP contribution in [0.15, 0.2) is 73.6 Å². The molecule has 0 aliphatic heterocycles. The molecule has 0 radical (unpaired) electrons. The Hall–Kier alpha value is -3.11. The third kappa shape index (κ3) is 5.94. The molecular formula is C26H27FN2O. The molecule has 3 aromatic rings. The van der Waals surface area contributed by atoms with Gasteiger partial charge in [-0.05, 0) is 55.4 Å². The van der Waals surface area contributed by atoms with Crippen LogP contribution < -0.4 is 0 Å². The van der Waals surface area contributed by atoms with Crippen LogP contribution >= 0.6 is 0 Å². The number of allylic oxidation sites excluding steroid dienone is 2. The zero-order valence-electron chi connectivity index (χ0n) is 17.3. The van der Waals surface area contributed by atoms with E-state index in [0.717, 1.165) is 41.5 Å². The molecule has 1 N–H and O–H groups in total. The van der Waals surface area contributed by atoms with E-state index in [9.17, 15) is 9.50 Å². The van der Waals surface area contributed by atoms with Crippen molar-refractivity contribution >= 4 is 6.08 Å². The summed E-state index contributed by atoms with van der Waals surface area (Å²) in [7, 11) is 0. The number of rotatable bonds is 9. The van der Waals surface area contributed by atoms with Gasteiger partial charge in [-0.1, -0.05) is 54.6 Å². The number of hydrogen-bond acceptors (Lipinski definition) is 3. The average Bonchev–Trinajstić information content (AvgIpc) is 2.75. The van der Waals surface area contributed by atoms with E-state index in [4.69, 9.17) is 0 Å². The van der Waals surface area contributed by atoms with E-state index in [1.54, 1.807) is 37.5 Å². The first kappa shape index (κ1) is 21.6. The van der Waals surface area contributed by atoms with Gasteiger partial charge in [-0.25, -0.2) is 14.4 Å². The highest BCUT2D eigenvalue weighted by atomic mass is 19.1. The third-order valence-corrected chi connectivity index (χ3v) is 4.87. The Balaban J connectivity index is 1.65. The van der Waals surface area contributed by atoms with E-state index in [1.165, 1.54) is 0 Å². The molecule has 0 bridgehead atoms. The monoisotopic (exact) mass is 402 g/mol. The number of aromatic nitrogens is 2. The Morgan fingerprint density at radius 1 is 1.03 bits per heavy atom. The van der Waals surface area contributed by atoms with Crippen LogP contribution in [0.1, 0.15) is 37.3 Å². The number of unbranched alkanes of at least 4 members (excludes halogenated alkanes) is 1. The van der Waals surface area contributed by atoms with Crippen LogP contribution in [-0.2, 0) is 6.42 Å². The normalized spacial score (nSPS) is 12.2. The summed E-state index contributed by atoms with van der Waals surface area (Å²) in [6, 6.07) is 13.1. The maximum atomic E-state index is 14.2. The van der Waals surface area contributed by atoms with Crippen LogP contribution in [0.2, 0.25) is 0 Å². The Morgan fingerprint density at radius 2 is 1.70 bits per heavy atom. The van der Waals surface area contributed by atoms with Crippen molar-refractivity contribution in [2.45, 2.75) is 38.7 Å². The summed E-state index contributed by atoms with van der Waals surface area (Å²) in [5, 5.41) is 9.27. The summed E-state index contributed by atoms with van der Waals surface area (Å²) < 4.78 is 14.2. The minimum Gasteiger partial charge on any atom is -0.393 e. The number of hydrogen-bond donors (Lipinski definition) is 1. The Bertz CT molecular complexity index is 993. The van der Waals surface area contributed by atoms with Crippen molar-refractivity contribution in [2.24, 2.45) is 0 Å². The summed E-state index contributed by atoms with van der Waals surface area (Å²) >= 11 is 0. The first-order valence-corrected chi connectivity index (χ1v) is 10.2. The molecule has 4 heteroatoms. The highest BCUT2D eigenvalue weighted by Crippen LogP contribution is 2.25. The Kier molecular flexibility index (Phi) is 7.63. The molecule has 1 heterocycles. The molecule has 0 saturated carbocycles. The lowest BCUT2D eigenvalue weighted by molar-refractivity contribution is 0.182. The lowest BCUT2D eigenvalue weighted by Crippen LogP contribution is -1.97. The van der Waals surface area contributed by atoms with Gasteiger partial charge >= 0.3 is 0 Å². The topological polar surface area (TPSA) is 46.0 Å². The van der Waals surface area contributed by atoms with E-state index in [1.807, 2.05) is 36.4 Å². The summed E-state index contributed by atoms with van der Waals surface area (Å²) in [6.07, 6.45) is 12.3. The fourth-order valence-corrected chi connectivity index (χ4v) is 3.18. The molecule has 1 atom stereocenters. The summed E-state index contributed by atoms with van der Waals surface area (Å²) in [5.41, 5.74) is 4.29. The Morgan fingerprint density at radius 3 is 2.33 bits per heavy atom. The number of halogens is 1. The van der Waals surface area contributed by atoms with Gasteiger partial charge in [0.15, 0.2) is 5.82 Å². The van der Waals surface area contributed by atoms with Gasteiger partial charge < -0.3 is 5.11 Å². The van der Waals surface area contributed by atoms with Crippen molar-refractivity contribution < 1.29 is 9.50 Å². The first-order valence-electron chi connectivity index (χ1n) is 10.2. The van der Waals surface area contributed by atoms with E-state index in [2.05, 4.69) is 22.6 Å². The average molecular weight is 403 g/mol. The fourth-order valence-electron chi connectivity index (χ4n) is 3.18. The SMILES string of the molecule is C=CCc1ccc(-c2ccc(-c3ncc(C=CCCCC(C)O)cn3)cc2)cc1F. The molecule has 0 aliphatic carbocycles. The molecule has 0 amide bonds. The molecule has 1 aromatic heterocycles. The molecular weight excluding hydrogens is 375 g/mol. The van der Waals surface area contributed by atoms with E-state index >= 15 is 0 Å². The fraction of sp³-hybridized carbons (Fsp3) is 0.231. The van der Waals surface area contributed by atoms with Crippen LogP contribution in [0.3, 0.4) is 0 Å². The van der Waals surface area contributed by atoms with Crippen LogP contribution in [0.25, 0.3) is 28.6 Å². The molecule has 0 saturated heterocycles. The van der Waals surface area contributed by atoms with Crippen molar-refractivity contribution in [1.82, 2.24) is 9.97 Å². The second kappa shape index (κ2) is 10.6. The van der Waals surface area contributed by atoms with Crippen LogP contribution in [0.5, 0.6) is 0 Å². The summed E-state index contributed by atoms with van der Waals surface area (Å²) in [6.45, 7) is 5.47. The number of benzene rings is 2. The van der Waals surface area contributed by atoms with Crippen molar-refractivity contribution in [3.63, 3.8) is 0 Å². The molecule has 154 valence electrons. The van der Waals surface area contributed by atoms with Gasteiger partial charge in [-0.2, -0.15) is 0 Å². The highest BCUT2D eigenvalue weighted by Gasteiger charge is 2.06. The van der Waals surface area contributed by atoms with Gasteiger partial charge in [0, 0.05) is 23.5 Å². The van der Waals surface area contributed by atoms with E-state index in [-0.39, 0.29) is 11.9 Å². The number of aliphatic hydroxyl groups excluding tert-OH is 1. The second-order valence-electron chi connectivity index (χ2n) is 7.40. The highest BCUT2D eigenvalue weighted by molar-refractivity contribution is 5.68. The van der Waals surface area contributed by atoms with Crippen molar-refractivity contribution in [3.8, 4) is 22.5 Å². The summed E-state index contributed by atoms with van der Waals surface area (Å²) in [4.78, 5) is 8.91. The minimum absolute atomic E-state index is 0.214. The quantitative estimate of drug-likeness (QED) is 0.340. The Labute approximate surface area is 177 Å². The number of nitrogens with zero attached hydrogens (tertiary/aromatic N) is 2. The van der Waals surface area contributed by atoms with Crippen molar-refractivity contribution in [2.75, 3.05) is 0 Å². The van der Waals surface area contributed by atoms with Crippen LogP contribution in [0, 0.1) is 5.82 Å². The van der Waals surface area contributed by atoms with Gasteiger partial charge in [0.05, 0.1) is 6.10 Å². The van der Waals surface area contributed by atoms with E-state index < -0.39 is 0 Å².